The van der Waals surface area contributed by atoms with Gasteiger partial charge in [-0.2, -0.15) is 0 Å². The summed E-state index contributed by atoms with van der Waals surface area (Å²) in [5.41, 5.74) is -3.62. The van der Waals surface area contributed by atoms with Crippen LogP contribution in [0.5, 0.6) is 0 Å². The standard InChI is InChI=1S/C24H29F4NO7.C17H18BrF4NO3.C7H12O4.Na.H/c1-6-34-21(31)13(22(32)35-7-2)9-17(30)16-8-12(11-29(16)23(33)36-24(3,4)5)18-19(27)14(25)10-15(26)20(18)28;1-17(2,3)26-16(25)23-7-8(4-11(23)12(24)6-18)13-14(21)9(19)5-10(20)15(13)22;1-3-10-6(8)5-7(9)11-4-2;;/h10,12-13,16H,6-9,11H2,1-5H3;5,8,11H,4,6-7H2,1-3H3;3-5H2,1-2H3;;/q;;;+1;-1/t12-,16?;8-,11?;;;/m00.../s1. The predicted octanol–water partition coefficient (Wildman–Crippen LogP) is 5.96. The van der Waals surface area contributed by atoms with Crippen molar-refractivity contribution in [3.8, 4) is 0 Å². The summed E-state index contributed by atoms with van der Waals surface area (Å²) in [6.45, 7) is 15.5. The van der Waals surface area contributed by atoms with Crippen LogP contribution < -0.4 is 29.6 Å². The van der Waals surface area contributed by atoms with Gasteiger partial charge in [0.1, 0.15) is 17.6 Å². The molecule has 0 spiro atoms. The zero-order valence-corrected chi connectivity index (χ0v) is 46.4. The van der Waals surface area contributed by atoms with E-state index in [0.717, 1.165) is 9.80 Å². The number of hydrogen-bond donors (Lipinski definition) is 0. The fourth-order valence-corrected chi connectivity index (χ4v) is 7.74. The Morgan fingerprint density at radius 3 is 1.16 bits per heavy atom. The second-order valence-electron chi connectivity index (χ2n) is 18.0. The minimum atomic E-state index is -1.65. The number of nitrogens with zero attached hydrogens (tertiary/aromatic N) is 2. The minimum absolute atomic E-state index is 0. The third kappa shape index (κ3) is 19.4. The monoisotopic (exact) mass is 1140 g/mol. The number of ether oxygens (including phenoxy) is 6. The fraction of sp³-hybridized carbons (Fsp3) is 0.583. The number of ketones is 2. The topological polar surface area (TPSA) is 198 Å². The summed E-state index contributed by atoms with van der Waals surface area (Å²) in [6, 6.07) is -2.25. The van der Waals surface area contributed by atoms with E-state index in [0.29, 0.717) is 0 Å². The molecule has 0 N–H and O–H groups in total. The molecular formula is C48H60BrF8N2NaO14. The summed E-state index contributed by atoms with van der Waals surface area (Å²) in [7, 11) is 0. The Kier molecular flexibility index (Phi) is 27.2. The van der Waals surface area contributed by atoms with E-state index >= 15 is 0 Å². The molecule has 0 bridgehead atoms. The largest absolute Gasteiger partial charge is 1.00 e. The molecular weight excluding hydrogens is 1080 g/mol. The Balaban J connectivity index is 0.00000123. The van der Waals surface area contributed by atoms with Crippen molar-refractivity contribution < 1.29 is 133 Å². The molecule has 0 radical (unpaired) electrons. The molecule has 4 atom stereocenters. The number of Topliss-reactive ketones (excluding diaryl/α,β-unsaturated/α-hetero) is 2. The van der Waals surface area contributed by atoms with Gasteiger partial charge in [0, 0.05) is 54.6 Å². The first kappa shape index (κ1) is 67.1. The van der Waals surface area contributed by atoms with Crippen LogP contribution in [0.3, 0.4) is 0 Å². The van der Waals surface area contributed by atoms with Crippen molar-refractivity contribution in [2.45, 2.75) is 130 Å². The van der Waals surface area contributed by atoms with Gasteiger partial charge in [0.2, 0.25) is 0 Å². The summed E-state index contributed by atoms with van der Waals surface area (Å²) in [4.78, 5) is 98.3. The van der Waals surface area contributed by atoms with Gasteiger partial charge in [-0.1, -0.05) is 15.9 Å². The molecule has 2 saturated heterocycles. The second kappa shape index (κ2) is 30.0. The molecule has 410 valence electrons. The summed E-state index contributed by atoms with van der Waals surface area (Å²) in [5, 5.41) is -0.0911. The van der Waals surface area contributed by atoms with Crippen LogP contribution in [-0.4, -0.2) is 126 Å². The Hall–Kier alpha value is -4.88. The van der Waals surface area contributed by atoms with Crippen molar-refractivity contribution >= 4 is 63.6 Å². The van der Waals surface area contributed by atoms with Crippen LogP contribution in [-0.2, 0) is 57.2 Å². The molecule has 0 aromatic heterocycles. The van der Waals surface area contributed by atoms with Crippen LogP contribution in [0, 0.1) is 52.5 Å². The molecule has 16 nitrogen and oxygen atoms in total. The van der Waals surface area contributed by atoms with Crippen LogP contribution in [0.25, 0.3) is 0 Å². The fourth-order valence-electron chi connectivity index (χ4n) is 7.36. The minimum Gasteiger partial charge on any atom is -1.00 e. The van der Waals surface area contributed by atoms with Crippen LogP contribution in [0.2, 0.25) is 0 Å². The number of rotatable bonds is 15. The maximum absolute atomic E-state index is 14.5. The van der Waals surface area contributed by atoms with Crippen molar-refractivity contribution in [2.75, 3.05) is 44.8 Å². The van der Waals surface area contributed by atoms with Gasteiger partial charge in [0.15, 0.2) is 64.0 Å². The summed E-state index contributed by atoms with van der Waals surface area (Å²) < 4.78 is 141. The second-order valence-corrected chi connectivity index (χ2v) is 18.6. The quantitative estimate of drug-likeness (QED) is 0.0385. The molecule has 0 saturated carbocycles. The van der Waals surface area contributed by atoms with Crippen LogP contribution in [0.1, 0.15) is 119 Å². The molecule has 2 aromatic carbocycles. The van der Waals surface area contributed by atoms with Gasteiger partial charge in [-0.15, -0.1) is 0 Å². The first-order valence-corrected chi connectivity index (χ1v) is 23.9. The summed E-state index contributed by atoms with van der Waals surface area (Å²) in [5.74, 6) is -21.1. The van der Waals surface area contributed by atoms with Gasteiger partial charge >= 0.3 is 65.6 Å². The third-order valence-electron chi connectivity index (χ3n) is 10.3. The number of likely N-dealkylation sites (tertiary alicyclic amines) is 2. The molecule has 2 aromatic rings. The average Bonchev–Trinajstić information content (AvgIpc) is 3.93. The third-order valence-corrected chi connectivity index (χ3v) is 10.8. The number of alkyl halides is 1. The normalized spacial score (nSPS) is 17.1. The number of halogens is 9. The van der Waals surface area contributed by atoms with E-state index in [1.54, 1.807) is 55.4 Å². The Morgan fingerprint density at radius 2 is 0.878 bits per heavy atom. The number of benzene rings is 2. The van der Waals surface area contributed by atoms with E-state index < -0.39 is 166 Å². The van der Waals surface area contributed by atoms with Crippen molar-refractivity contribution in [1.82, 2.24) is 9.80 Å². The maximum atomic E-state index is 14.5. The van der Waals surface area contributed by atoms with Gasteiger partial charge in [-0.05, 0) is 82.1 Å². The number of esters is 4. The molecule has 0 aliphatic carbocycles. The Morgan fingerprint density at radius 1 is 0.568 bits per heavy atom. The first-order valence-electron chi connectivity index (χ1n) is 22.8. The Labute approximate surface area is 454 Å². The molecule has 74 heavy (non-hydrogen) atoms. The van der Waals surface area contributed by atoms with Crippen molar-refractivity contribution in [2.24, 2.45) is 5.92 Å². The molecule has 2 amide bonds. The Bertz CT molecular complexity index is 2270. The molecule has 2 fully saturated rings. The SMILES string of the molecule is CC(C)(C)OC(=O)N1C[C@@H](c2c(F)c(F)cc(F)c2F)CC1C(=O)CBr.CCOC(=O)C(CC(=O)C1C[C@H](c2c(F)c(F)cc(F)c2F)CN1C(=O)OC(C)(C)C)C(=O)OCC.CCOC(=O)CC(=O)OCC.[H-].[Na+]. The van der Waals surface area contributed by atoms with Crippen molar-refractivity contribution in [3.05, 3.63) is 69.8 Å². The van der Waals surface area contributed by atoms with E-state index in [2.05, 4.69) is 25.4 Å². The van der Waals surface area contributed by atoms with Gasteiger partial charge < -0.3 is 29.8 Å². The predicted molar refractivity (Wildman–Crippen MR) is 245 cm³/mol. The number of carbonyl (C=O) groups excluding carboxylic acids is 8. The van der Waals surface area contributed by atoms with Crippen molar-refractivity contribution in [1.29, 1.82) is 0 Å². The molecule has 2 unspecified atom stereocenters. The first-order chi connectivity index (χ1) is 33.9. The average molecular weight is 1140 g/mol. The van der Waals surface area contributed by atoms with Gasteiger partial charge in [0.25, 0.3) is 0 Å². The molecule has 2 heterocycles. The van der Waals surface area contributed by atoms with Crippen LogP contribution in [0.4, 0.5) is 44.7 Å². The van der Waals surface area contributed by atoms with Crippen LogP contribution >= 0.6 is 15.9 Å². The van der Waals surface area contributed by atoms with E-state index in [-0.39, 0.29) is 94.3 Å². The molecule has 4 rings (SSSR count). The molecule has 26 heteroatoms. The number of amides is 2. The maximum Gasteiger partial charge on any atom is 1.00 e. The molecule has 2 aliphatic rings. The van der Waals surface area contributed by atoms with E-state index in [1.165, 1.54) is 13.8 Å². The molecule has 2 aliphatic heterocycles. The van der Waals surface area contributed by atoms with Crippen molar-refractivity contribution in [3.63, 3.8) is 0 Å². The van der Waals surface area contributed by atoms with E-state index in [9.17, 15) is 73.5 Å². The summed E-state index contributed by atoms with van der Waals surface area (Å²) >= 11 is 2.99. The zero-order valence-electron chi connectivity index (χ0n) is 43.8. The number of hydrogen-bond acceptors (Lipinski definition) is 14. The zero-order chi connectivity index (χ0) is 55.9. The van der Waals surface area contributed by atoms with Gasteiger partial charge in [-0.3, -0.25) is 38.6 Å². The van der Waals surface area contributed by atoms with Gasteiger partial charge in [0.05, 0.1) is 43.8 Å². The van der Waals surface area contributed by atoms with Gasteiger partial charge in [-0.25, -0.2) is 44.7 Å². The van der Waals surface area contributed by atoms with E-state index in [4.69, 9.17) is 18.9 Å². The summed E-state index contributed by atoms with van der Waals surface area (Å²) in [6.07, 6.45) is -3.49. The van der Waals surface area contributed by atoms with Crippen LogP contribution in [0.15, 0.2) is 12.1 Å². The number of carbonyl (C=O) groups is 8. The van der Waals surface area contributed by atoms with E-state index in [1.807, 2.05) is 0 Å². The smallest absolute Gasteiger partial charge is 1.00 e.